The van der Waals surface area contributed by atoms with Crippen LogP contribution < -0.4 is 4.72 Å². The zero-order valence-corrected chi connectivity index (χ0v) is 20.0. The van der Waals surface area contributed by atoms with Crippen molar-refractivity contribution in [1.29, 1.82) is 0 Å². The van der Waals surface area contributed by atoms with Crippen molar-refractivity contribution in [3.8, 4) is 0 Å². The number of ether oxygens (including phenoxy) is 1. The van der Waals surface area contributed by atoms with Crippen LogP contribution in [0.15, 0.2) is 46.5 Å². The molecular weight excluding hydrogens is 479 g/mol. The summed E-state index contributed by atoms with van der Waals surface area (Å²) in [5, 5.41) is 2.17. The Morgan fingerprint density at radius 2 is 2.19 bits per heavy atom. The largest absolute Gasteiger partial charge is 0.466 e. The van der Waals surface area contributed by atoms with Crippen molar-refractivity contribution in [1.82, 2.24) is 14.6 Å². The van der Waals surface area contributed by atoms with E-state index in [1.54, 1.807) is 36.4 Å². The molecule has 1 unspecified atom stereocenters. The zero-order chi connectivity index (χ0) is 23.5. The van der Waals surface area contributed by atoms with E-state index >= 15 is 0 Å². The first-order valence-electron chi connectivity index (χ1n) is 9.65. The molecule has 2 aromatic rings. The maximum absolute atomic E-state index is 14.2. The highest BCUT2D eigenvalue weighted by Gasteiger charge is 2.33. The van der Waals surface area contributed by atoms with Crippen LogP contribution in [0.4, 0.5) is 4.39 Å². The highest BCUT2D eigenvalue weighted by molar-refractivity contribution is 7.89. The minimum absolute atomic E-state index is 0.0613. The number of amidine groups is 1. The third-order valence-corrected chi connectivity index (χ3v) is 7.35. The molecule has 1 aromatic heterocycles. The third-order valence-electron chi connectivity index (χ3n) is 4.67. The van der Waals surface area contributed by atoms with Crippen molar-refractivity contribution in [2.45, 2.75) is 25.9 Å². The van der Waals surface area contributed by atoms with Gasteiger partial charge in [-0.15, -0.1) is 11.3 Å². The van der Waals surface area contributed by atoms with E-state index in [2.05, 4.69) is 9.71 Å². The van der Waals surface area contributed by atoms with E-state index in [9.17, 15) is 17.6 Å². The second-order valence-corrected chi connectivity index (χ2v) is 10.3. The van der Waals surface area contributed by atoms with Crippen LogP contribution in [-0.2, 0) is 19.6 Å². The van der Waals surface area contributed by atoms with Gasteiger partial charge in [-0.05, 0) is 19.9 Å². The number of hydrogen-bond acceptors (Lipinski definition) is 8. The number of benzene rings is 1. The molecule has 0 spiro atoms. The SMILES string of the molecule is CCS(=O)(=O)NC(C)CN1C=C(C(=O)OC)[C@H](c2cccc(F)c2Cl)N=C1c1nccs1. The lowest BCUT2D eigenvalue weighted by Crippen LogP contribution is -2.44. The molecule has 0 saturated heterocycles. The molecule has 172 valence electrons. The first kappa shape index (κ1) is 24.3. The van der Waals surface area contributed by atoms with Crippen molar-refractivity contribution >= 4 is 44.8 Å². The number of thiazole rings is 1. The molecule has 1 N–H and O–H groups in total. The fraction of sp³-hybridized carbons (Fsp3) is 0.350. The number of hydrogen-bond donors (Lipinski definition) is 1. The molecule has 2 heterocycles. The quantitative estimate of drug-likeness (QED) is 0.559. The van der Waals surface area contributed by atoms with E-state index in [0.717, 1.165) is 0 Å². The maximum Gasteiger partial charge on any atom is 0.337 e. The summed E-state index contributed by atoms with van der Waals surface area (Å²) in [6.45, 7) is 3.41. The molecule has 0 bridgehead atoms. The summed E-state index contributed by atoms with van der Waals surface area (Å²) in [6.07, 6.45) is 3.13. The first-order valence-corrected chi connectivity index (χ1v) is 12.6. The van der Waals surface area contributed by atoms with Gasteiger partial charge >= 0.3 is 5.97 Å². The van der Waals surface area contributed by atoms with Gasteiger partial charge in [-0.25, -0.2) is 27.3 Å². The van der Waals surface area contributed by atoms with E-state index in [4.69, 9.17) is 21.3 Å². The number of methoxy groups -OCH3 is 1. The fourth-order valence-electron chi connectivity index (χ4n) is 3.19. The Kier molecular flexibility index (Phi) is 7.65. The number of nitrogens with one attached hydrogen (secondary N) is 1. The number of rotatable bonds is 8. The van der Waals surface area contributed by atoms with Crippen LogP contribution in [0.1, 0.15) is 30.5 Å². The van der Waals surface area contributed by atoms with Crippen molar-refractivity contribution in [2.24, 2.45) is 4.99 Å². The van der Waals surface area contributed by atoms with E-state index in [-0.39, 0.29) is 22.9 Å². The summed E-state index contributed by atoms with van der Waals surface area (Å²) in [4.78, 5) is 23.2. The topological polar surface area (TPSA) is 101 Å². The normalized spacial score (nSPS) is 17.5. The van der Waals surface area contributed by atoms with Crippen LogP contribution in [0.3, 0.4) is 0 Å². The van der Waals surface area contributed by atoms with Gasteiger partial charge in [-0.2, -0.15) is 0 Å². The van der Waals surface area contributed by atoms with E-state index < -0.39 is 33.9 Å². The molecule has 32 heavy (non-hydrogen) atoms. The number of aliphatic imine (C=N–C) groups is 1. The smallest absolute Gasteiger partial charge is 0.337 e. The van der Waals surface area contributed by atoms with Gasteiger partial charge < -0.3 is 9.64 Å². The lowest BCUT2D eigenvalue weighted by atomic mass is 9.98. The fourth-order valence-corrected chi connectivity index (χ4v) is 4.92. The minimum Gasteiger partial charge on any atom is -0.466 e. The van der Waals surface area contributed by atoms with E-state index in [0.29, 0.717) is 16.4 Å². The molecule has 1 aliphatic rings. The number of sulfonamides is 1. The molecule has 2 atom stereocenters. The molecule has 0 radical (unpaired) electrons. The van der Waals surface area contributed by atoms with Gasteiger partial charge in [0.1, 0.15) is 11.9 Å². The predicted octanol–water partition coefficient (Wildman–Crippen LogP) is 3.12. The number of nitrogens with zero attached hydrogens (tertiary/aromatic N) is 3. The number of carbonyl (C=O) groups excluding carboxylic acids is 1. The second kappa shape index (κ2) is 10.1. The van der Waals surface area contributed by atoms with Gasteiger partial charge in [0.05, 0.1) is 23.5 Å². The Hall–Kier alpha value is -2.34. The summed E-state index contributed by atoms with van der Waals surface area (Å²) in [5.74, 6) is -0.956. The lowest BCUT2D eigenvalue weighted by Gasteiger charge is -2.32. The summed E-state index contributed by atoms with van der Waals surface area (Å²) in [7, 11) is -2.21. The molecule has 1 aliphatic heterocycles. The van der Waals surface area contributed by atoms with Gasteiger partial charge in [-0.1, -0.05) is 23.7 Å². The number of halogens is 2. The summed E-state index contributed by atoms with van der Waals surface area (Å²) in [6, 6.07) is 2.86. The molecule has 8 nitrogen and oxygen atoms in total. The summed E-state index contributed by atoms with van der Waals surface area (Å²) >= 11 is 7.52. The Morgan fingerprint density at radius 1 is 1.44 bits per heavy atom. The highest BCUT2D eigenvalue weighted by Crippen LogP contribution is 2.37. The summed E-state index contributed by atoms with van der Waals surface area (Å²) in [5.41, 5.74) is 0.433. The Bertz CT molecular complexity index is 1150. The monoisotopic (exact) mass is 500 g/mol. The Balaban J connectivity index is 2.08. The Labute approximate surface area is 194 Å². The predicted molar refractivity (Wildman–Crippen MR) is 122 cm³/mol. The molecule has 12 heteroatoms. The molecule has 3 rings (SSSR count). The van der Waals surface area contributed by atoms with Gasteiger partial charge in [0.15, 0.2) is 10.8 Å². The molecule has 1 aromatic carbocycles. The maximum atomic E-state index is 14.2. The van der Waals surface area contributed by atoms with E-state index in [1.807, 2.05) is 0 Å². The first-order chi connectivity index (χ1) is 15.2. The molecule has 0 fully saturated rings. The highest BCUT2D eigenvalue weighted by atomic mass is 35.5. The molecule has 0 amide bonds. The third kappa shape index (κ3) is 5.34. The average molecular weight is 501 g/mol. The molecule has 0 saturated carbocycles. The van der Waals surface area contributed by atoms with Crippen LogP contribution in [0.2, 0.25) is 5.02 Å². The number of esters is 1. The standard InChI is InChI=1S/C20H22ClFN4O4S2/c1-4-32(28,29)25-12(2)10-26-11-14(20(27)30-3)17(13-6-5-7-15(22)16(13)21)24-18(26)19-23-8-9-31-19/h5-9,11-12,17,25H,4,10H2,1-3H3/t12?,17-/m0/s1. The second-order valence-electron chi connectivity index (χ2n) is 6.99. The number of aromatic nitrogens is 1. The summed E-state index contributed by atoms with van der Waals surface area (Å²) < 4.78 is 45.6. The molecular formula is C20H22ClFN4O4S2. The molecule has 0 aliphatic carbocycles. The van der Waals surface area contributed by atoms with Crippen LogP contribution in [0.25, 0.3) is 0 Å². The van der Waals surface area contributed by atoms with Gasteiger partial charge in [0, 0.05) is 35.9 Å². The van der Waals surface area contributed by atoms with Gasteiger partial charge in [-0.3, -0.25) is 4.99 Å². The van der Waals surface area contributed by atoms with E-state index in [1.165, 1.54) is 36.8 Å². The Morgan fingerprint density at radius 3 is 2.81 bits per heavy atom. The average Bonchev–Trinajstić information content (AvgIpc) is 3.29. The van der Waals surface area contributed by atoms with Gasteiger partial charge in [0.25, 0.3) is 0 Å². The van der Waals surface area contributed by atoms with Crippen LogP contribution in [-0.4, -0.2) is 55.6 Å². The van der Waals surface area contributed by atoms with Crippen LogP contribution in [0, 0.1) is 5.82 Å². The number of carbonyl (C=O) groups is 1. The van der Waals surface area contributed by atoms with Crippen molar-refractivity contribution in [2.75, 3.05) is 19.4 Å². The van der Waals surface area contributed by atoms with Crippen molar-refractivity contribution in [3.63, 3.8) is 0 Å². The lowest BCUT2D eigenvalue weighted by molar-refractivity contribution is -0.136. The van der Waals surface area contributed by atoms with Crippen LogP contribution >= 0.6 is 22.9 Å². The minimum atomic E-state index is -3.44. The van der Waals surface area contributed by atoms with Crippen molar-refractivity contribution in [3.05, 3.63) is 63.0 Å². The van der Waals surface area contributed by atoms with Crippen molar-refractivity contribution < 1.29 is 22.3 Å². The zero-order valence-electron chi connectivity index (χ0n) is 17.6. The van der Waals surface area contributed by atoms with Gasteiger partial charge in [0.2, 0.25) is 10.0 Å². The van der Waals surface area contributed by atoms with Crippen LogP contribution in [0.5, 0.6) is 0 Å².